The first-order valence-corrected chi connectivity index (χ1v) is 11.4. The van der Waals surface area contributed by atoms with Crippen molar-refractivity contribution in [1.29, 1.82) is 0 Å². The van der Waals surface area contributed by atoms with Gasteiger partial charge in [-0.3, -0.25) is 19.1 Å². The van der Waals surface area contributed by atoms with Crippen molar-refractivity contribution in [2.45, 2.75) is 37.1 Å². The normalized spacial score (nSPS) is 21.2. The molecule has 8 heteroatoms. The van der Waals surface area contributed by atoms with Crippen molar-refractivity contribution in [3.8, 4) is 11.1 Å². The molecular weight excluding hydrogens is 424 g/mol. The van der Waals surface area contributed by atoms with Gasteiger partial charge in [0, 0.05) is 42.4 Å². The summed E-state index contributed by atoms with van der Waals surface area (Å²) in [7, 11) is 3.30. The Bertz CT molecular complexity index is 1440. The van der Waals surface area contributed by atoms with E-state index < -0.39 is 17.7 Å². The Hall–Kier alpha value is -3.13. The summed E-state index contributed by atoms with van der Waals surface area (Å²) < 4.78 is 33.0. The first kappa shape index (κ1) is 20.5. The minimum atomic E-state index is -3.01. The highest BCUT2D eigenvalue weighted by atomic mass is 19.3. The molecule has 1 aliphatic heterocycles. The Morgan fingerprint density at radius 3 is 2.48 bits per heavy atom. The molecule has 33 heavy (non-hydrogen) atoms. The number of alkyl halides is 2. The standard InChI is InChI=1S/C25H25F2N5O/c1-30-10-9-22(25(26,27)14-30)32-23-18-11-16(17-6-7-19(28-12-17)15-3-4-15)5-8-20(18)29-13-21(23)31(2)24(32)33/h5-8,11-13,15,22H,3-4,9-10,14H2,1-2H3/t22-/m1/s1. The summed E-state index contributed by atoms with van der Waals surface area (Å²) in [4.78, 5) is 23.9. The fourth-order valence-electron chi connectivity index (χ4n) is 5.11. The average Bonchev–Trinajstić information content (AvgIpc) is 3.61. The lowest BCUT2D eigenvalue weighted by Gasteiger charge is -2.37. The number of aromatic nitrogens is 4. The van der Waals surface area contributed by atoms with Gasteiger partial charge in [-0.25, -0.2) is 13.6 Å². The van der Waals surface area contributed by atoms with Crippen LogP contribution in [-0.2, 0) is 7.05 Å². The summed E-state index contributed by atoms with van der Waals surface area (Å²) in [6.07, 6.45) is 6.07. The van der Waals surface area contributed by atoms with Gasteiger partial charge in [0.05, 0.1) is 29.3 Å². The number of halogens is 2. The zero-order chi connectivity index (χ0) is 22.9. The highest BCUT2D eigenvalue weighted by Crippen LogP contribution is 2.40. The average molecular weight is 450 g/mol. The number of benzene rings is 1. The largest absolute Gasteiger partial charge is 0.329 e. The molecule has 1 aliphatic carbocycles. The van der Waals surface area contributed by atoms with Gasteiger partial charge in [0.15, 0.2) is 0 Å². The van der Waals surface area contributed by atoms with Crippen molar-refractivity contribution in [2.24, 2.45) is 7.05 Å². The molecule has 1 atom stereocenters. The van der Waals surface area contributed by atoms with E-state index in [1.807, 2.05) is 24.4 Å². The molecule has 4 aromatic rings. The molecule has 0 bridgehead atoms. The Labute approximate surface area is 189 Å². The highest BCUT2D eigenvalue weighted by molar-refractivity contribution is 6.04. The van der Waals surface area contributed by atoms with E-state index >= 15 is 8.78 Å². The predicted molar refractivity (Wildman–Crippen MR) is 124 cm³/mol. The number of rotatable bonds is 3. The van der Waals surface area contributed by atoms with Crippen LogP contribution in [0, 0.1) is 0 Å². The van der Waals surface area contributed by atoms with Gasteiger partial charge in [0.25, 0.3) is 5.92 Å². The van der Waals surface area contributed by atoms with Crippen LogP contribution in [0.15, 0.2) is 47.5 Å². The van der Waals surface area contributed by atoms with E-state index in [1.165, 1.54) is 22.0 Å². The Morgan fingerprint density at radius 2 is 1.79 bits per heavy atom. The van der Waals surface area contributed by atoms with E-state index in [2.05, 4.69) is 22.1 Å². The van der Waals surface area contributed by atoms with E-state index in [4.69, 9.17) is 0 Å². The fraction of sp³-hybridized carbons (Fsp3) is 0.400. The SMILES string of the molecule is CN1CC[C@@H](n2c(=O)n(C)c3cnc4ccc(-c5ccc(C6CC6)nc5)cc4c32)C(F)(F)C1. The fourth-order valence-corrected chi connectivity index (χ4v) is 5.11. The summed E-state index contributed by atoms with van der Waals surface area (Å²) in [6, 6.07) is 8.71. The van der Waals surface area contributed by atoms with E-state index in [0.29, 0.717) is 34.4 Å². The maximum Gasteiger partial charge on any atom is 0.329 e. The zero-order valence-electron chi connectivity index (χ0n) is 18.6. The third kappa shape index (κ3) is 3.27. The van der Waals surface area contributed by atoms with Gasteiger partial charge in [-0.05, 0) is 50.1 Å². The molecule has 6 rings (SSSR count). The molecule has 0 unspecified atom stereocenters. The van der Waals surface area contributed by atoms with Crippen LogP contribution in [-0.4, -0.2) is 50.1 Å². The van der Waals surface area contributed by atoms with E-state index in [9.17, 15) is 4.79 Å². The number of hydrogen-bond acceptors (Lipinski definition) is 4. The Balaban J connectivity index is 1.56. The van der Waals surface area contributed by atoms with Gasteiger partial charge in [-0.1, -0.05) is 12.1 Å². The molecule has 0 amide bonds. The number of pyridine rings is 2. The molecule has 0 spiro atoms. The summed E-state index contributed by atoms with van der Waals surface area (Å²) in [5.74, 6) is -2.43. The lowest BCUT2D eigenvalue weighted by atomic mass is 9.99. The molecule has 1 saturated heterocycles. The van der Waals surface area contributed by atoms with Crippen LogP contribution in [0.2, 0.25) is 0 Å². The van der Waals surface area contributed by atoms with Crippen molar-refractivity contribution >= 4 is 21.9 Å². The molecule has 1 saturated carbocycles. The van der Waals surface area contributed by atoms with Crippen molar-refractivity contribution in [1.82, 2.24) is 24.0 Å². The molecule has 4 heterocycles. The smallest absolute Gasteiger partial charge is 0.300 e. The number of nitrogens with zero attached hydrogens (tertiary/aromatic N) is 5. The van der Waals surface area contributed by atoms with Gasteiger partial charge >= 0.3 is 5.69 Å². The topological polar surface area (TPSA) is 56.0 Å². The third-order valence-corrected chi connectivity index (χ3v) is 7.09. The summed E-state index contributed by atoms with van der Waals surface area (Å²) >= 11 is 0. The molecule has 6 nitrogen and oxygen atoms in total. The number of fused-ring (bicyclic) bond motifs is 3. The third-order valence-electron chi connectivity index (χ3n) is 7.09. The second-order valence-electron chi connectivity index (χ2n) is 9.48. The van der Waals surface area contributed by atoms with Crippen molar-refractivity contribution in [3.63, 3.8) is 0 Å². The highest BCUT2D eigenvalue weighted by Gasteiger charge is 2.46. The quantitative estimate of drug-likeness (QED) is 0.467. The lowest BCUT2D eigenvalue weighted by molar-refractivity contribution is -0.0977. The summed E-state index contributed by atoms with van der Waals surface area (Å²) in [5, 5.41) is 0.698. The monoisotopic (exact) mass is 449 g/mol. The second kappa shape index (κ2) is 7.18. The van der Waals surface area contributed by atoms with E-state index in [1.54, 1.807) is 25.2 Å². The van der Waals surface area contributed by atoms with E-state index in [0.717, 1.165) is 16.8 Å². The zero-order valence-corrected chi connectivity index (χ0v) is 18.6. The van der Waals surface area contributed by atoms with Gasteiger partial charge in [-0.2, -0.15) is 0 Å². The van der Waals surface area contributed by atoms with Crippen LogP contribution in [0.3, 0.4) is 0 Å². The maximum atomic E-state index is 15.1. The molecule has 1 aromatic carbocycles. The molecule has 0 radical (unpaired) electrons. The van der Waals surface area contributed by atoms with Crippen LogP contribution >= 0.6 is 0 Å². The molecule has 2 aliphatic rings. The molecule has 2 fully saturated rings. The first-order chi connectivity index (χ1) is 15.8. The Kier molecular flexibility index (Phi) is 4.46. The number of aryl methyl sites for hydroxylation is 1. The minimum absolute atomic E-state index is 0.207. The number of likely N-dealkylation sites (tertiary alicyclic amines) is 1. The van der Waals surface area contributed by atoms with Crippen LogP contribution in [0.4, 0.5) is 8.78 Å². The number of piperidine rings is 1. The van der Waals surface area contributed by atoms with E-state index in [-0.39, 0.29) is 13.0 Å². The number of hydrogen-bond donors (Lipinski definition) is 0. The van der Waals surface area contributed by atoms with Gasteiger partial charge in [0.2, 0.25) is 0 Å². The first-order valence-electron chi connectivity index (χ1n) is 11.4. The lowest BCUT2D eigenvalue weighted by Crippen LogP contribution is -2.49. The van der Waals surface area contributed by atoms with Gasteiger partial charge in [-0.15, -0.1) is 0 Å². The molecular formula is C25H25F2N5O. The predicted octanol–water partition coefficient (Wildman–Crippen LogP) is 4.34. The van der Waals surface area contributed by atoms with Crippen LogP contribution in [0.1, 0.15) is 36.9 Å². The van der Waals surface area contributed by atoms with Crippen molar-refractivity contribution in [3.05, 3.63) is 58.9 Å². The molecule has 170 valence electrons. The molecule has 0 N–H and O–H groups in total. The van der Waals surface area contributed by atoms with Gasteiger partial charge < -0.3 is 4.90 Å². The number of imidazole rings is 1. The Morgan fingerprint density at radius 1 is 1.00 bits per heavy atom. The molecule has 3 aromatic heterocycles. The van der Waals surface area contributed by atoms with Crippen LogP contribution in [0.25, 0.3) is 33.1 Å². The van der Waals surface area contributed by atoms with Gasteiger partial charge in [0.1, 0.15) is 6.04 Å². The second-order valence-corrected chi connectivity index (χ2v) is 9.48. The summed E-state index contributed by atoms with van der Waals surface area (Å²) in [5.41, 5.74) is 4.30. The minimum Gasteiger partial charge on any atom is -0.300 e. The van der Waals surface area contributed by atoms with Crippen molar-refractivity contribution in [2.75, 3.05) is 20.1 Å². The van der Waals surface area contributed by atoms with Crippen LogP contribution < -0.4 is 5.69 Å². The van der Waals surface area contributed by atoms with Crippen molar-refractivity contribution < 1.29 is 8.78 Å². The summed E-state index contributed by atoms with van der Waals surface area (Å²) in [6.45, 7) is 0.143. The van der Waals surface area contributed by atoms with Crippen LogP contribution in [0.5, 0.6) is 0 Å². The maximum absolute atomic E-state index is 15.1.